The van der Waals surface area contributed by atoms with Crippen LogP contribution in [0.25, 0.3) is 0 Å². The Kier molecular flexibility index (Phi) is 5.93. The molecule has 2 amide bonds. The zero-order chi connectivity index (χ0) is 21.1. The fourth-order valence-corrected chi connectivity index (χ4v) is 4.49. The number of carbonyl (C=O) groups excluding carboxylic acids is 1. The van der Waals surface area contributed by atoms with Gasteiger partial charge in [-0.05, 0) is 61.9 Å². The fourth-order valence-electron chi connectivity index (χ4n) is 4.49. The molecule has 2 aromatic rings. The molecule has 158 valence electrons. The standard InChI is InChI=1S/C24H29N3O3/c1-16-9-7-8-12-19(16)27-22(17-13-14-20(29-2)21(15-17)30-3)23(26-24(27)28)25-18-10-5-4-6-11-18/h7-9,12-15,18,22H,4-6,10-11H2,1-3H3,(H,25,26,28)/p+1/t22-/m0/s1. The van der Waals surface area contributed by atoms with Crippen molar-refractivity contribution in [1.29, 1.82) is 0 Å². The lowest BCUT2D eigenvalue weighted by molar-refractivity contribution is -0.510. The van der Waals surface area contributed by atoms with E-state index in [4.69, 9.17) is 9.47 Å². The third-order valence-corrected chi connectivity index (χ3v) is 6.06. The summed E-state index contributed by atoms with van der Waals surface area (Å²) in [5.74, 6) is 2.15. The molecule has 1 saturated heterocycles. The van der Waals surface area contributed by atoms with E-state index in [-0.39, 0.29) is 12.1 Å². The van der Waals surface area contributed by atoms with Crippen LogP contribution in [0.4, 0.5) is 10.5 Å². The maximum Gasteiger partial charge on any atom is 0.414 e. The van der Waals surface area contributed by atoms with E-state index in [1.54, 1.807) is 14.2 Å². The van der Waals surface area contributed by atoms with E-state index in [0.717, 1.165) is 35.5 Å². The molecule has 1 aliphatic carbocycles. The predicted octanol–water partition coefficient (Wildman–Crippen LogP) is 3.09. The SMILES string of the molecule is COc1ccc([C@H]2C(=[NH+]C3CCCCC3)NC(=O)N2c2ccccc2C)cc1OC. The molecule has 1 atom stereocenters. The van der Waals surface area contributed by atoms with E-state index in [1.807, 2.05) is 54.3 Å². The lowest BCUT2D eigenvalue weighted by Crippen LogP contribution is -2.82. The maximum absolute atomic E-state index is 13.1. The quantitative estimate of drug-likeness (QED) is 0.799. The number of nitrogens with zero attached hydrogens (tertiary/aromatic N) is 1. The number of nitrogens with one attached hydrogen (secondary N) is 2. The summed E-state index contributed by atoms with van der Waals surface area (Å²) < 4.78 is 10.9. The zero-order valence-electron chi connectivity index (χ0n) is 17.9. The molecule has 0 unspecified atom stereocenters. The fraction of sp³-hybridized carbons (Fsp3) is 0.417. The summed E-state index contributed by atoms with van der Waals surface area (Å²) in [5, 5.41) is 3.11. The number of methoxy groups -OCH3 is 2. The minimum atomic E-state index is -0.277. The number of hydrogen-bond acceptors (Lipinski definition) is 3. The molecule has 30 heavy (non-hydrogen) atoms. The number of benzene rings is 2. The number of amides is 2. The Hall–Kier alpha value is -3.02. The molecule has 0 radical (unpaired) electrons. The van der Waals surface area contributed by atoms with Gasteiger partial charge in [-0.1, -0.05) is 30.7 Å². The number of ether oxygens (including phenoxy) is 2. The summed E-state index contributed by atoms with van der Waals surface area (Å²) in [5.41, 5.74) is 2.92. The number of hydrogen-bond donors (Lipinski definition) is 2. The molecule has 2 fully saturated rings. The largest absolute Gasteiger partial charge is 0.493 e. The Labute approximate surface area is 177 Å². The molecule has 0 spiro atoms. The average Bonchev–Trinajstić information content (AvgIpc) is 3.09. The van der Waals surface area contributed by atoms with Crippen LogP contribution in [0.3, 0.4) is 0 Å². The van der Waals surface area contributed by atoms with Gasteiger partial charge in [0.2, 0.25) is 0 Å². The number of para-hydroxylation sites is 1. The van der Waals surface area contributed by atoms with Gasteiger partial charge in [0.1, 0.15) is 0 Å². The van der Waals surface area contributed by atoms with Gasteiger partial charge in [0.25, 0.3) is 5.84 Å². The maximum atomic E-state index is 13.1. The normalized spacial score (nSPS) is 21.0. The molecule has 0 aromatic heterocycles. The van der Waals surface area contributed by atoms with Gasteiger partial charge in [-0.25, -0.2) is 4.79 Å². The molecule has 1 heterocycles. The smallest absolute Gasteiger partial charge is 0.414 e. The van der Waals surface area contributed by atoms with Crippen LogP contribution in [0.1, 0.15) is 49.3 Å². The first-order valence-corrected chi connectivity index (χ1v) is 10.6. The topological polar surface area (TPSA) is 64.8 Å². The Morgan fingerprint density at radius 1 is 1.00 bits per heavy atom. The van der Waals surface area contributed by atoms with Crippen LogP contribution in [-0.2, 0) is 0 Å². The minimum absolute atomic E-state index is 0.123. The van der Waals surface area contributed by atoms with Gasteiger partial charge >= 0.3 is 6.03 Å². The number of aryl methyl sites for hydroxylation is 1. The molecular formula is C24H30N3O3+. The van der Waals surface area contributed by atoms with Crippen molar-refractivity contribution in [2.24, 2.45) is 0 Å². The van der Waals surface area contributed by atoms with Crippen LogP contribution in [0.15, 0.2) is 42.5 Å². The highest BCUT2D eigenvalue weighted by atomic mass is 16.5. The van der Waals surface area contributed by atoms with Gasteiger partial charge in [-0.2, -0.15) is 5.32 Å². The number of carbonyl (C=O) groups is 1. The van der Waals surface area contributed by atoms with Gasteiger partial charge < -0.3 is 9.47 Å². The van der Waals surface area contributed by atoms with Crippen LogP contribution in [0.2, 0.25) is 0 Å². The van der Waals surface area contributed by atoms with Crippen molar-refractivity contribution < 1.29 is 19.3 Å². The molecule has 1 saturated carbocycles. The predicted molar refractivity (Wildman–Crippen MR) is 117 cm³/mol. The zero-order valence-corrected chi connectivity index (χ0v) is 17.9. The van der Waals surface area contributed by atoms with Crippen molar-refractivity contribution in [3.05, 3.63) is 53.6 Å². The summed E-state index contributed by atoms with van der Waals surface area (Å²) in [7, 11) is 3.25. The molecular weight excluding hydrogens is 378 g/mol. The first-order chi connectivity index (χ1) is 14.6. The second kappa shape index (κ2) is 8.78. The minimum Gasteiger partial charge on any atom is -0.493 e. The van der Waals surface area contributed by atoms with Crippen molar-refractivity contribution in [2.75, 3.05) is 19.1 Å². The lowest BCUT2D eigenvalue weighted by atomic mass is 9.95. The molecule has 1 aliphatic heterocycles. The van der Waals surface area contributed by atoms with Crippen LogP contribution < -0.4 is 24.7 Å². The van der Waals surface area contributed by atoms with E-state index >= 15 is 0 Å². The van der Waals surface area contributed by atoms with E-state index in [2.05, 4.69) is 10.3 Å². The molecule has 0 bridgehead atoms. The number of urea groups is 1. The van der Waals surface area contributed by atoms with Gasteiger partial charge in [0, 0.05) is 0 Å². The van der Waals surface area contributed by atoms with Crippen LogP contribution in [-0.4, -0.2) is 32.1 Å². The summed E-state index contributed by atoms with van der Waals surface area (Å²) in [6.07, 6.45) is 5.99. The van der Waals surface area contributed by atoms with Crippen LogP contribution >= 0.6 is 0 Å². The van der Waals surface area contributed by atoms with Gasteiger partial charge in [-0.3, -0.25) is 9.89 Å². The second-order valence-electron chi connectivity index (χ2n) is 8.00. The van der Waals surface area contributed by atoms with Crippen molar-refractivity contribution in [1.82, 2.24) is 5.32 Å². The molecule has 6 heteroatoms. The Morgan fingerprint density at radius 3 is 2.43 bits per heavy atom. The molecule has 4 rings (SSSR count). The highest BCUT2D eigenvalue weighted by Crippen LogP contribution is 2.36. The third kappa shape index (κ3) is 3.86. The summed E-state index contributed by atoms with van der Waals surface area (Å²) >= 11 is 0. The lowest BCUT2D eigenvalue weighted by Gasteiger charge is -2.23. The van der Waals surface area contributed by atoms with E-state index in [1.165, 1.54) is 19.3 Å². The van der Waals surface area contributed by atoms with Crippen molar-refractivity contribution in [3.8, 4) is 11.5 Å². The van der Waals surface area contributed by atoms with E-state index in [9.17, 15) is 4.79 Å². The Bertz CT molecular complexity index is 950. The monoisotopic (exact) mass is 408 g/mol. The van der Waals surface area contributed by atoms with Gasteiger partial charge in [0.15, 0.2) is 17.5 Å². The summed E-state index contributed by atoms with van der Waals surface area (Å²) in [6, 6.07) is 13.8. The first kappa shape index (κ1) is 20.3. The van der Waals surface area contributed by atoms with Crippen molar-refractivity contribution >= 4 is 17.6 Å². The van der Waals surface area contributed by atoms with Crippen LogP contribution in [0.5, 0.6) is 11.5 Å². The molecule has 2 aromatic carbocycles. The van der Waals surface area contributed by atoms with E-state index in [0.29, 0.717) is 17.5 Å². The van der Waals surface area contributed by atoms with Crippen LogP contribution in [0, 0.1) is 6.92 Å². The van der Waals surface area contributed by atoms with E-state index < -0.39 is 0 Å². The van der Waals surface area contributed by atoms with Crippen molar-refractivity contribution in [2.45, 2.75) is 51.1 Å². The van der Waals surface area contributed by atoms with Crippen molar-refractivity contribution in [3.63, 3.8) is 0 Å². The summed E-state index contributed by atoms with van der Waals surface area (Å²) in [6.45, 7) is 2.03. The molecule has 2 N–H and O–H groups in total. The average molecular weight is 409 g/mol. The highest BCUT2D eigenvalue weighted by Gasteiger charge is 2.45. The van der Waals surface area contributed by atoms with Gasteiger partial charge in [-0.15, -0.1) is 0 Å². The Morgan fingerprint density at radius 2 is 1.73 bits per heavy atom. The Balaban J connectivity index is 1.81. The summed E-state index contributed by atoms with van der Waals surface area (Å²) in [4.78, 5) is 18.6. The van der Waals surface area contributed by atoms with Gasteiger partial charge in [0.05, 0.1) is 25.9 Å². The second-order valence-corrected chi connectivity index (χ2v) is 8.00. The molecule has 2 aliphatic rings. The molecule has 6 nitrogen and oxygen atoms in total. The third-order valence-electron chi connectivity index (χ3n) is 6.06. The number of amidine groups is 1. The highest BCUT2D eigenvalue weighted by molar-refractivity contribution is 6.15. The first-order valence-electron chi connectivity index (χ1n) is 10.6. The number of anilines is 1. The number of rotatable bonds is 5.